The van der Waals surface area contributed by atoms with Gasteiger partial charge in [-0.15, -0.1) is 5.10 Å². The van der Waals surface area contributed by atoms with Gasteiger partial charge >= 0.3 is 5.97 Å². The molecular weight excluding hydrogens is 258 g/mol. The molecule has 106 valence electrons. The SMILES string of the molecule is CCOC(=O)c1nnn(CC)c1-c1ccccc1OC. The smallest absolute Gasteiger partial charge is 0.361 e. The summed E-state index contributed by atoms with van der Waals surface area (Å²) in [4.78, 5) is 12.0. The molecule has 1 aromatic heterocycles. The Kier molecular flexibility index (Phi) is 4.34. The normalized spacial score (nSPS) is 10.3. The quantitative estimate of drug-likeness (QED) is 0.782. The maximum Gasteiger partial charge on any atom is 0.361 e. The summed E-state index contributed by atoms with van der Waals surface area (Å²) in [5.74, 6) is 0.183. The molecule has 0 unspecified atom stereocenters. The van der Waals surface area contributed by atoms with Crippen LogP contribution in [0.4, 0.5) is 0 Å². The van der Waals surface area contributed by atoms with Gasteiger partial charge in [0.15, 0.2) is 5.69 Å². The van der Waals surface area contributed by atoms with Crippen LogP contribution in [0.5, 0.6) is 5.75 Å². The molecule has 1 aromatic carbocycles. The summed E-state index contributed by atoms with van der Waals surface area (Å²) in [7, 11) is 1.59. The first kappa shape index (κ1) is 14.0. The van der Waals surface area contributed by atoms with Gasteiger partial charge in [0.1, 0.15) is 11.4 Å². The number of esters is 1. The van der Waals surface area contributed by atoms with Crippen molar-refractivity contribution < 1.29 is 14.3 Å². The van der Waals surface area contributed by atoms with Crippen LogP contribution in [-0.4, -0.2) is 34.7 Å². The highest BCUT2D eigenvalue weighted by Crippen LogP contribution is 2.31. The molecule has 6 heteroatoms. The minimum absolute atomic E-state index is 0.207. The van der Waals surface area contributed by atoms with Crippen molar-refractivity contribution in [3.8, 4) is 17.0 Å². The number of carbonyl (C=O) groups is 1. The Labute approximate surface area is 117 Å². The molecule has 0 amide bonds. The molecule has 2 rings (SSSR count). The molecule has 0 fully saturated rings. The number of methoxy groups -OCH3 is 1. The molecule has 0 aliphatic carbocycles. The van der Waals surface area contributed by atoms with E-state index in [0.29, 0.717) is 24.6 Å². The Morgan fingerprint density at radius 3 is 2.70 bits per heavy atom. The van der Waals surface area contributed by atoms with E-state index >= 15 is 0 Å². The molecule has 0 saturated carbocycles. The van der Waals surface area contributed by atoms with Gasteiger partial charge in [-0.3, -0.25) is 0 Å². The van der Waals surface area contributed by atoms with Crippen LogP contribution in [0.15, 0.2) is 24.3 Å². The van der Waals surface area contributed by atoms with Gasteiger partial charge in [0.05, 0.1) is 13.7 Å². The van der Waals surface area contributed by atoms with Crippen LogP contribution in [0, 0.1) is 0 Å². The lowest BCUT2D eigenvalue weighted by molar-refractivity contribution is 0.0520. The number of para-hydroxylation sites is 1. The van der Waals surface area contributed by atoms with Crippen LogP contribution in [0.3, 0.4) is 0 Å². The van der Waals surface area contributed by atoms with Crippen LogP contribution < -0.4 is 4.74 Å². The first-order valence-electron chi connectivity index (χ1n) is 6.46. The van der Waals surface area contributed by atoms with E-state index < -0.39 is 5.97 Å². The van der Waals surface area contributed by atoms with E-state index in [9.17, 15) is 4.79 Å². The van der Waals surface area contributed by atoms with E-state index in [0.717, 1.165) is 5.56 Å². The molecule has 0 aliphatic rings. The number of benzene rings is 1. The molecule has 20 heavy (non-hydrogen) atoms. The molecule has 0 N–H and O–H groups in total. The predicted molar refractivity (Wildman–Crippen MR) is 73.6 cm³/mol. The number of nitrogens with zero attached hydrogens (tertiary/aromatic N) is 3. The number of hydrogen-bond acceptors (Lipinski definition) is 5. The third-order valence-corrected chi connectivity index (χ3v) is 2.87. The van der Waals surface area contributed by atoms with Gasteiger partial charge in [-0.05, 0) is 26.0 Å². The van der Waals surface area contributed by atoms with Gasteiger partial charge in [-0.25, -0.2) is 9.48 Å². The molecule has 0 saturated heterocycles. The first-order chi connectivity index (χ1) is 9.72. The highest BCUT2D eigenvalue weighted by atomic mass is 16.5. The van der Waals surface area contributed by atoms with Crippen molar-refractivity contribution in [2.75, 3.05) is 13.7 Å². The maximum absolute atomic E-state index is 12.0. The van der Waals surface area contributed by atoms with Gasteiger partial charge in [-0.1, -0.05) is 17.3 Å². The molecule has 0 spiro atoms. The largest absolute Gasteiger partial charge is 0.496 e. The van der Waals surface area contributed by atoms with E-state index in [2.05, 4.69) is 10.3 Å². The molecule has 1 heterocycles. The van der Waals surface area contributed by atoms with Crippen LogP contribution in [-0.2, 0) is 11.3 Å². The third-order valence-electron chi connectivity index (χ3n) is 2.87. The summed E-state index contributed by atoms with van der Waals surface area (Å²) in [6.07, 6.45) is 0. The number of hydrogen-bond donors (Lipinski definition) is 0. The zero-order chi connectivity index (χ0) is 14.5. The van der Waals surface area contributed by atoms with Gasteiger partial charge < -0.3 is 9.47 Å². The summed E-state index contributed by atoms with van der Waals surface area (Å²) in [6.45, 7) is 4.58. The van der Waals surface area contributed by atoms with E-state index in [1.54, 1.807) is 18.7 Å². The minimum atomic E-state index is -0.479. The Morgan fingerprint density at radius 2 is 2.05 bits per heavy atom. The summed E-state index contributed by atoms with van der Waals surface area (Å²) >= 11 is 0. The fourth-order valence-electron chi connectivity index (χ4n) is 1.98. The summed E-state index contributed by atoms with van der Waals surface area (Å²) in [6, 6.07) is 7.44. The van der Waals surface area contributed by atoms with Crippen LogP contribution in [0.1, 0.15) is 24.3 Å². The zero-order valence-electron chi connectivity index (χ0n) is 11.8. The molecule has 6 nitrogen and oxygen atoms in total. The van der Waals surface area contributed by atoms with Crippen molar-refractivity contribution >= 4 is 5.97 Å². The number of rotatable bonds is 5. The van der Waals surface area contributed by atoms with E-state index in [-0.39, 0.29) is 5.69 Å². The van der Waals surface area contributed by atoms with Gasteiger partial charge in [0.2, 0.25) is 0 Å². The molecule has 2 aromatic rings. The Balaban J connectivity index is 2.59. The third kappa shape index (κ3) is 2.49. The standard InChI is InChI=1S/C14H17N3O3/c1-4-17-13(10-8-6-7-9-11(10)19-3)12(15-16-17)14(18)20-5-2/h6-9H,4-5H2,1-3H3. The fourth-order valence-corrected chi connectivity index (χ4v) is 1.98. The summed E-state index contributed by atoms with van der Waals surface area (Å²) in [5, 5.41) is 7.94. The van der Waals surface area contributed by atoms with E-state index in [1.165, 1.54) is 0 Å². The average molecular weight is 275 g/mol. The highest BCUT2D eigenvalue weighted by molar-refractivity contribution is 5.95. The predicted octanol–water partition coefficient (Wildman–Crippen LogP) is 2.15. The van der Waals surface area contributed by atoms with Gasteiger partial charge in [0.25, 0.3) is 0 Å². The lowest BCUT2D eigenvalue weighted by atomic mass is 10.1. The van der Waals surface area contributed by atoms with Crippen molar-refractivity contribution in [2.45, 2.75) is 20.4 Å². The van der Waals surface area contributed by atoms with Crippen molar-refractivity contribution in [1.29, 1.82) is 0 Å². The minimum Gasteiger partial charge on any atom is -0.496 e. The lowest BCUT2D eigenvalue weighted by Crippen LogP contribution is -2.08. The first-order valence-corrected chi connectivity index (χ1v) is 6.46. The Bertz CT molecular complexity index is 607. The van der Waals surface area contributed by atoms with Crippen molar-refractivity contribution in [2.24, 2.45) is 0 Å². The maximum atomic E-state index is 12.0. The Hall–Kier alpha value is -2.37. The van der Waals surface area contributed by atoms with Crippen molar-refractivity contribution in [3.63, 3.8) is 0 Å². The van der Waals surface area contributed by atoms with Crippen LogP contribution in [0.25, 0.3) is 11.3 Å². The average Bonchev–Trinajstić information content (AvgIpc) is 2.91. The zero-order valence-corrected chi connectivity index (χ0v) is 11.8. The van der Waals surface area contributed by atoms with Crippen LogP contribution >= 0.6 is 0 Å². The van der Waals surface area contributed by atoms with Gasteiger partial charge in [-0.2, -0.15) is 0 Å². The molecule has 0 aliphatic heterocycles. The van der Waals surface area contributed by atoms with Crippen molar-refractivity contribution in [3.05, 3.63) is 30.0 Å². The number of aryl methyl sites for hydroxylation is 1. The van der Waals surface area contributed by atoms with Crippen molar-refractivity contribution in [1.82, 2.24) is 15.0 Å². The number of carbonyl (C=O) groups excluding carboxylic acids is 1. The fraction of sp³-hybridized carbons (Fsp3) is 0.357. The number of ether oxygens (including phenoxy) is 2. The summed E-state index contributed by atoms with van der Waals surface area (Å²) in [5.41, 5.74) is 1.59. The van der Waals surface area contributed by atoms with E-state index in [1.807, 2.05) is 31.2 Å². The second-order valence-corrected chi connectivity index (χ2v) is 4.02. The van der Waals surface area contributed by atoms with E-state index in [4.69, 9.17) is 9.47 Å². The second kappa shape index (κ2) is 6.18. The summed E-state index contributed by atoms with van der Waals surface area (Å²) < 4.78 is 12.0. The monoisotopic (exact) mass is 275 g/mol. The second-order valence-electron chi connectivity index (χ2n) is 4.02. The molecule has 0 bridgehead atoms. The molecule has 0 atom stereocenters. The highest BCUT2D eigenvalue weighted by Gasteiger charge is 2.23. The molecular formula is C14H17N3O3. The van der Waals surface area contributed by atoms with Crippen LogP contribution in [0.2, 0.25) is 0 Å². The van der Waals surface area contributed by atoms with Gasteiger partial charge in [0, 0.05) is 12.1 Å². The Morgan fingerprint density at radius 1 is 1.30 bits per heavy atom. The lowest BCUT2D eigenvalue weighted by Gasteiger charge is -2.10. The topological polar surface area (TPSA) is 66.2 Å². The number of aromatic nitrogens is 3. The molecule has 0 radical (unpaired) electrons.